The molecule has 0 amide bonds. The number of ether oxygens (including phenoxy) is 1. The maximum absolute atomic E-state index is 12.6. The van der Waals surface area contributed by atoms with Crippen molar-refractivity contribution in [3.8, 4) is 0 Å². The molecule has 0 spiro atoms. The van der Waals surface area contributed by atoms with Crippen molar-refractivity contribution in [3.63, 3.8) is 0 Å². The smallest absolute Gasteiger partial charge is 0.311 e. The fraction of sp³-hybridized carbons (Fsp3) is 0.905. The molecule has 10 atom stereocenters. The first-order chi connectivity index (χ1) is 13.6. The van der Waals surface area contributed by atoms with Crippen LogP contribution in [0.25, 0.3) is 0 Å². The van der Waals surface area contributed by atoms with Crippen LogP contribution in [0, 0.1) is 23.7 Å². The second-order valence-corrected chi connectivity index (χ2v) is 9.36. The Morgan fingerprint density at radius 3 is 2.03 bits per heavy atom. The Balaban J connectivity index is 3.50. The summed E-state index contributed by atoms with van der Waals surface area (Å²) in [5, 5.41) is 67.0. The van der Waals surface area contributed by atoms with Crippen molar-refractivity contribution < 1.29 is 40.3 Å². The van der Waals surface area contributed by atoms with Crippen LogP contribution < -0.4 is 0 Å². The second kappa shape index (κ2) is 9.91. The van der Waals surface area contributed by atoms with E-state index in [9.17, 15) is 35.5 Å². The summed E-state index contributed by atoms with van der Waals surface area (Å²) in [5.41, 5.74) is -3.44. The minimum absolute atomic E-state index is 0.0418. The first-order valence-corrected chi connectivity index (χ1v) is 10.5. The Morgan fingerprint density at radius 2 is 1.57 bits per heavy atom. The van der Waals surface area contributed by atoms with Crippen LogP contribution in [0.4, 0.5) is 0 Å². The summed E-state index contributed by atoms with van der Waals surface area (Å²) < 4.78 is 5.44. The zero-order valence-electron chi connectivity index (χ0n) is 19.0. The molecular weight excluding hydrogens is 394 g/mol. The van der Waals surface area contributed by atoms with E-state index in [-0.39, 0.29) is 18.6 Å². The van der Waals surface area contributed by atoms with E-state index in [4.69, 9.17) is 4.74 Å². The third-order valence-corrected chi connectivity index (χ3v) is 6.72. The van der Waals surface area contributed by atoms with Gasteiger partial charge in [0.1, 0.15) is 11.7 Å². The minimum atomic E-state index is -1.87. The van der Waals surface area contributed by atoms with Gasteiger partial charge in [-0.15, -0.1) is 0 Å². The van der Waals surface area contributed by atoms with E-state index < -0.39 is 65.3 Å². The van der Waals surface area contributed by atoms with E-state index in [2.05, 4.69) is 5.16 Å². The van der Waals surface area contributed by atoms with Gasteiger partial charge in [-0.2, -0.15) is 0 Å². The number of rotatable bonds is 1. The number of oxime groups is 1. The first-order valence-electron chi connectivity index (χ1n) is 10.5. The zero-order valence-corrected chi connectivity index (χ0v) is 19.0. The number of aliphatic hydroxyl groups is 5. The molecule has 1 fully saturated rings. The van der Waals surface area contributed by atoms with Gasteiger partial charge < -0.3 is 35.5 Å². The lowest BCUT2D eigenvalue weighted by atomic mass is 9.74. The normalized spacial score (nSPS) is 48.8. The van der Waals surface area contributed by atoms with E-state index in [0.29, 0.717) is 0 Å². The highest BCUT2D eigenvalue weighted by Gasteiger charge is 2.48. The Kier molecular flexibility index (Phi) is 8.84. The molecule has 0 bridgehead atoms. The molecule has 0 unspecified atom stereocenters. The monoisotopic (exact) mass is 433 g/mol. The molecule has 30 heavy (non-hydrogen) atoms. The predicted molar refractivity (Wildman–Crippen MR) is 110 cm³/mol. The molecule has 0 aromatic carbocycles. The van der Waals surface area contributed by atoms with Crippen molar-refractivity contribution in [2.45, 2.75) is 96.9 Å². The van der Waals surface area contributed by atoms with Crippen LogP contribution in [0.5, 0.6) is 0 Å². The zero-order chi connectivity index (χ0) is 23.6. The average Bonchev–Trinajstić information content (AvgIpc) is 2.67. The number of carbonyl (C=O) groups excluding carboxylic acids is 1. The fourth-order valence-electron chi connectivity index (χ4n) is 4.55. The molecule has 1 rings (SSSR count). The third-order valence-electron chi connectivity index (χ3n) is 6.72. The van der Waals surface area contributed by atoms with Gasteiger partial charge in [0.25, 0.3) is 0 Å². The molecule has 0 saturated carbocycles. The van der Waals surface area contributed by atoms with Crippen molar-refractivity contribution in [1.29, 1.82) is 0 Å². The standard InChI is InChI=1S/C21H39NO8/c1-8-14-21(7,28)18(25)11(3)15(22-29)10(2)9-20(6,27)17(24)12(4)16(23)13(5)19(26)30-14/h10-14,16-18,23-25,27-29H,8-9H2,1-7H3/b22-15-/t10-,11-,12-,13+,14-,16+,17-,18-,20-,21+/m1/s1. The summed E-state index contributed by atoms with van der Waals surface area (Å²) in [6.45, 7) is 10.6. The summed E-state index contributed by atoms with van der Waals surface area (Å²) in [4.78, 5) is 12.6. The van der Waals surface area contributed by atoms with Crippen LogP contribution in [-0.4, -0.2) is 78.0 Å². The van der Waals surface area contributed by atoms with Crippen molar-refractivity contribution >= 4 is 11.7 Å². The quantitative estimate of drug-likeness (QED) is 0.200. The molecule has 0 radical (unpaired) electrons. The van der Waals surface area contributed by atoms with Crippen molar-refractivity contribution in [2.75, 3.05) is 0 Å². The van der Waals surface area contributed by atoms with Gasteiger partial charge in [-0.25, -0.2) is 0 Å². The summed E-state index contributed by atoms with van der Waals surface area (Å²) >= 11 is 0. The number of cyclic esters (lactones) is 1. The number of hydrogen-bond acceptors (Lipinski definition) is 9. The lowest BCUT2D eigenvalue weighted by molar-refractivity contribution is -0.191. The number of aliphatic hydroxyl groups excluding tert-OH is 3. The van der Waals surface area contributed by atoms with Gasteiger partial charge in [-0.05, 0) is 33.6 Å². The van der Waals surface area contributed by atoms with Gasteiger partial charge in [0.2, 0.25) is 0 Å². The summed E-state index contributed by atoms with van der Waals surface area (Å²) in [7, 11) is 0. The Morgan fingerprint density at radius 1 is 1.03 bits per heavy atom. The van der Waals surface area contributed by atoms with Crippen LogP contribution >= 0.6 is 0 Å². The first kappa shape index (κ1) is 26.8. The molecule has 176 valence electrons. The third kappa shape index (κ3) is 5.31. The molecule has 1 heterocycles. The van der Waals surface area contributed by atoms with Crippen molar-refractivity contribution in [2.24, 2.45) is 28.8 Å². The second-order valence-electron chi connectivity index (χ2n) is 9.36. The van der Waals surface area contributed by atoms with Gasteiger partial charge >= 0.3 is 5.97 Å². The van der Waals surface area contributed by atoms with Crippen molar-refractivity contribution in [1.82, 2.24) is 0 Å². The van der Waals surface area contributed by atoms with Gasteiger partial charge in [0.05, 0.1) is 35.5 Å². The Labute approximate surface area is 178 Å². The maximum Gasteiger partial charge on any atom is 0.311 e. The molecule has 9 heteroatoms. The van der Waals surface area contributed by atoms with E-state index >= 15 is 0 Å². The molecule has 6 N–H and O–H groups in total. The van der Waals surface area contributed by atoms with Gasteiger partial charge in [0, 0.05) is 17.8 Å². The average molecular weight is 434 g/mol. The van der Waals surface area contributed by atoms with Crippen LogP contribution in [0.3, 0.4) is 0 Å². The fourth-order valence-corrected chi connectivity index (χ4v) is 4.55. The van der Waals surface area contributed by atoms with Crippen LogP contribution in [0.2, 0.25) is 0 Å². The van der Waals surface area contributed by atoms with Crippen LogP contribution in [0.1, 0.15) is 61.3 Å². The highest BCUT2D eigenvalue weighted by molar-refractivity contribution is 5.88. The lowest BCUT2D eigenvalue weighted by Gasteiger charge is -2.42. The number of hydrogen-bond donors (Lipinski definition) is 6. The van der Waals surface area contributed by atoms with Crippen molar-refractivity contribution in [3.05, 3.63) is 0 Å². The summed E-state index contributed by atoms with van der Waals surface area (Å²) in [5.74, 6) is -4.14. The van der Waals surface area contributed by atoms with E-state index in [0.717, 1.165) is 0 Å². The lowest BCUT2D eigenvalue weighted by Crippen LogP contribution is -2.57. The predicted octanol–water partition coefficient (Wildman–Crippen LogP) is 0.671. The number of nitrogens with zero attached hydrogens (tertiary/aromatic N) is 1. The molecule has 0 aliphatic carbocycles. The number of esters is 1. The molecule has 1 aliphatic rings. The minimum Gasteiger partial charge on any atom is -0.459 e. The summed E-state index contributed by atoms with van der Waals surface area (Å²) in [6, 6.07) is 0. The largest absolute Gasteiger partial charge is 0.459 e. The maximum atomic E-state index is 12.6. The van der Waals surface area contributed by atoms with Gasteiger partial charge in [-0.3, -0.25) is 4.79 Å². The molecule has 9 nitrogen and oxygen atoms in total. The highest BCUT2D eigenvalue weighted by Crippen LogP contribution is 2.34. The molecule has 1 aliphatic heterocycles. The summed E-state index contributed by atoms with van der Waals surface area (Å²) in [6.07, 6.45) is -5.11. The van der Waals surface area contributed by atoms with E-state index in [1.54, 1.807) is 20.8 Å². The molecular formula is C21H39NO8. The number of carbonyl (C=O) groups is 1. The van der Waals surface area contributed by atoms with Crippen LogP contribution in [0.15, 0.2) is 5.16 Å². The molecule has 1 saturated heterocycles. The Hall–Kier alpha value is -1.26. The van der Waals surface area contributed by atoms with Crippen LogP contribution in [-0.2, 0) is 9.53 Å². The SMILES string of the molecule is CC[C@H]1OC(=O)[C@@H](C)[C@@H](O)[C@@H](C)[C@@H](O)[C@](C)(O)C[C@@H](C)/C(=N/O)[C@@H](C)[C@@H](O)[C@@]1(C)O. The van der Waals surface area contributed by atoms with E-state index in [1.165, 1.54) is 27.7 Å². The Bertz CT molecular complexity index is 620. The highest BCUT2D eigenvalue weighted by atomic mass is 16.6. The van der Waals surface area contributed by atoms with Gasteiger partial charge in [-0.1, -0.05) is 32.9 Å². The topological polar surface area (TPSA) is 160 Å². The molecule has 0 aromatic rings. The van der Waals surface area contributed by atoms with E-state index in [1.807, 2.05) is 0 Å². The molecule has 0 aromatic heterocycles. The van der Waals surface area contributed by atoms with Gasteiger partial charge in [0.15, 0.2) is 0 Å².